The van der Waals surface area contributed by atoms with E-state index in [1.165, 1.54) is 6.07 Å². The molecule has 1 aromatic carbocycles. The van der Waals surface area contributed by atoms with Gasteiger partial charge in [0.25, 0.3) is 0 Å². The highest BCUT2D eigenvalue weighted by atomic mass is 79.9. The zero-order valence-electron chi connectivity index (χ0n) is 14.3. The summed E-state index contributed by atoms with van der Waals surface area (Å²) < 4.78 is 40.4. The number of anilines is 1. The largest absolute Gasteiger partial charge is 0.465 e. The van der Waals surface area contributed by atoms with Gasteiger partial charge in [0.2, 0.25) is 0 Å². The normalized spacial score (nSPS) is 22.4. The summed E-state index contributed by atoms with van der Waals surface area (Å²) in [5.74, 6) is -0.559. The van der Waals surface area contributed by atoms with Crippen LogP contribution in [-0.2, 0) is 6.18 Å². The minimum absolute atomic E-state index is 0.124. The van der Waals surface area contributed by atoms with Crippen LogP contribution in [0.25, 0.3) is 0 Å². The van der Waals surface area contributed by atoms with Crippen molar-refractivity contribution in [3.63, 3.8) is 0 Å². The Balaban J connectivity index is 2.24. The number of hydrogen-bond donors (Lipinski definition) is 2. The predicted octanol–water partition coefficient (Wildman–Crippen LogP) is 4.95. The van der Waals surface area contributed by atoms with Crippen molar-refractivity contribution in [1.82, 2.24) is 4.98 Å². The molecular weight excluding hydrogens is 427 g/mol. The summed E-state index contributed by atoms with van der Waals surface area (Å²) in [5, 5.41) is 9.68. The SMILES string of the molecule is CC[C@]1(N)C[C@H](c2ccc(Br)cn2)c2cc(C(F)(F)F)ccc2N1C(=O)O. The van der Waals surface area contributed by atoms with E-state index in [0.717, 1.165) is 21.5 Å². The van der Waals surface area contributed by atoms with Gasteiger partial charge in [0.1, 0.15) is 5.66 Å². The second-order valence-electron chi connectivity index (χ2n) is 6.50. The minimum atomic E-state index is -4.54. The van der Waals surface area contributed by atoms with Crippen molar-refractivity contribution in [1.29, 1.82) is 0 Å². The summed E-state index contributed by atoms with van der Waals surface area (Å²) in [6.45, 7) is 1.75. The Labute approximate surface area is 162 Å². The fourth-order valence-corrected chi connectivity index (χ4v) is 3.70. The maximum absolute atomic E-state index is 13.2. The van der Waals surface area contributed by atoms with Crippen LogP contribution in [0.4, 0.5) is 23.7 Å². The van der Waals surface area contributed by atoms with E-state index in [-0.39, 0.29) is 17.7 Å². The van der Waals surface area contributed by atoms with E-state index >= 15 is 0 Å². The summed E-state index contributed by atoms with van der Waals surface area (Å²) in [6.07, 6.45) is -3.87. The number of hydrogen-bond acceptors (Lipinski definition) is 3. The molecule has 144 valence electrons. The zero-order chi connectivity index (χ0) is 20.0. The first-order chi connectivity index (χ1) is 12.6. The van der Waals surface area contributed by atoms with Gasteiger partial charge in [-0.3, -0.25) is 9.88 Å². The molecule has 3 N–H and O–H groups in total. The molecule has 2 heterocycles. The summed E-state index contributed by atoms with van der Waals surface area (Å²) >= 11 is 3.28. The Morgan fingerprint density at radius 3 is 2.63 bits per heavy atom. The van der Waals surface area contributed by atoms with Crippen LogP contribution >= 0.6 is 15.9 Å². The highest BCUT2D eigenvalue weighted by Gasteiger charge is 2.46. The summed E-state index contributed by atoms with van der Waals surface area (Å²) in [6, 6.07) is 6.49. The van der Waals surface area contributed by atoms with Gasteiger partial charge in [0.05, 0.1) is 11.3 Å². The molecule has 0 bridgehead atoms. The van der Waals surface area contributed by atoms with Gasteiger partial charge >= 0.3 is 12.3 Å². The lowest BCUT2D eigenvalue weighted by molar-refractivity contribution is -0.137. The van der Waals surface area contributed by atoms with E-state index in [1.54, 1.807) is 25.3 Å². The van der Waals surface area contributed by atoms with Crippen LogP contribution in [0.15, 0.2) is 41.0 Å². The lowest BCUT2D eigenvalue weighted by Crippen LogP contribution is -2.61. The van der Waals surface area contributed by atoms with E-state index in [1.807, 2.05) is 0 Å². The van der Waals surface area contributed by atoms with Crippen molar-refractivity contribution in [2.45, 2.75) is 37.5 Å². The van der Waals surface area contributed by atoms with Gasteiger partial charge < -0.3 is 10.8 Å². The molecule has 5 nitrogen and oxygen atoms in total. The van der Waals surface area contributed by atoms with Crippen molar-refractivity contribution >= 4 is 27.7 Å². The average Bonchev–Trinajstić information content (AvgIpc) is 2.60. The number of aromatic nitrogens is 1. The maximum Gasteiger partial charge on any atom is 0.416 e. The van der Waals surface area contributed by atoms with Crippen LogP contribution in [0.1, 0.15) is 42.5 Å². The molecule has 0 spiro atoms. The fourth-order valence-electron chi connectivity index (χ4n) is 3.46. The molecule has 2 atom stereocenters. The first-order valence-corrected chi connectivity index (χ1v) is 9.01. The highest BCUT2D eigenvalue weighted by Crippen LogP contribution is 2.47. The number of fused-ring (bicyclic) bond motifs is 1. The standard InChI is InChI=1S/C18H17BrF3N3O2/c1-2-17(23)8-13(14-5-4-11(19)9-24-14)12-7-10(18(20,21)22)3-6-15(12)25(17)16(26)27/h3-7,9,13H,2,8,23H2,1H3,(H,26,27)/t13-,17+/m0/s1. The molecule has 0 unspecified atom stereocenters. The summed E-state index contributed by atoms with van der Waals surface area (Å²) in [5.41, 5.74) is 5.23. The Morgan fingerprint density at radius 1 is 1.41 bits per heavy atom. The second kappa shape index (κ2) is 6.79. The molecule has 1 aliphatic heterocycles. The molecule has 9 heteroatoms. The topological polar surface area (TPSA) is 79.5 Å². The lowest BCUT2D eigenvalue weighted by Gasteiger charge is -2.46. The smallest absolute Gasteiger partial charge is 0.416 e. The van der Waals surface area contributed by atoms with Crippen LogP contribution in [-0.4, -0.2) is 21.8 Å². The van der Waals surface area contributed by atoms with Crippen LogP contribution in [0.3, 0.4) is 0 Å². The number of nitrogens with zero attached hydrogens (tertiary/aromatic N) is 2. The molecule has 1 aromatic heterocycles. The predicted molar refractivity (Wildman–Crippen MR) is 97.6 cm³/mol. The van der Waals surface area contributed by atoms with Crippen molar-refractivity contribution in [2.24, 2.45) is 5.73 Å². The molecule has 0 saturated heterocycles. The molecule has 0 fully saturated rings. The Hall–Kier alpha value is -2.13. The molecule has 3 rings (SSSR count). The molecule has 0 radical (unpaired) electrons. The molecule has 0 aliphatic carbocycles. The molecule has 2 aromatic rings. The minimum Gasteiger partial charge on any atom is -0.465 e. The number of carboxylic acid groups (broad SMARTS) is 1. The van der Waals surface area contributed by atoms with E-state index < -0.39 is 29.4 Å². The second-order valence-corrected chi connectivity index (χ2v) is 7.42. The molecular formula is C18H17BrF3N3O2. The van der Waals surface area contributed by atoms with Crippen LogP contribution in [0.2, 0.25) is 0 Å². The molecule has 1 amide bonds. The van der Waals surface area contributed by atoms with Crippen LogP contribution in [0.5, 0.6) is 0 Å². The number of benzene rings is 1. The third-order valence-electron chi connectivity index (χ3n) is 4.88. The molecule has 27 heavy (non-hydrogen) atoms. The molecule has 0 saturated carbocycles. The van der Waals surface area contributed by atoms with Gasteiger partial charge in [0.15, 0.2) is 0 Å². The Morgan fingerprint density at radius 2 is 2.11 bits per heavy atom. The number of alkyl halides is 3. The van der Waals surface area contributed by atoms with E-state index in [0.29, 0.717) is 12.1 Å². The average molecular weight is 444 g/mol. The number of carbonyl (C=O) groups is 1. The summed E-state index contributed by atoms with van der Waals surface area (Å²) in [4.78, 5) is 17.1. The van der Waals surface area contributed by atoms with Crippen LogP contribution < -0.4 is 10.6 Å². The van der Waals surface area contributed by atoms with Gasteiger partial charge in [-0.1, -0.05) is 6.92 Å². The number of halogens is 4. The first kappa shape index (κ1) is 19.6. The van der Waals surface area contributed by atoms with Gasteiger partial charge in [0, 0.05) is 22.3 Å². The van der Waals surface area contributed by atoms with Gasteiger partial charge in [-0.2, -0.15) is 13.2 Å². The number of rotatable bonds is 2. The van der Waals surface area contributed by atoms with Crippen molar-refractivity contribution in [2.75, 3.05) is 4.90 Å². The monoisotopic (exact) mass is 443 g/mol. The number of amides is 1. The van der Waals surface area contributed by atoms with Crippen molar-refractivity contribution in [3.05, 3.63) is 57.8 Å². The zero-order valence-corrected chi connectivity index (χ0v) is 15.9. The Kier molecular flexibility index (Phi) is 4.94. The van der Waals surface area contributed by atoms with E-state index in [2.05, 4.69) is 20.9 Å². The van der Waals surface area contributed by atoms with E-state index in [4.69, 9.17) is 5.73 Å². The van der Waals surface area contributed by atoms with Gasteiger partial charge in [-0.25, -0.2) is 4.79 Å². The third kappa shape index (κ3) is 3.53. The van der Waals surface area contributed by atoms with E-state index in [9.17, 15) is 23.1 Å². The Bertz CT molecular complexity index is 873. The van der Waals surface area contributed by atoms with Crippen molar-refractivity contribution in [3.8, 4) is 0 Å². The van der Waals surface area contributed by atoms with Gasteiger partial charge in [-0.05, 0) is 64.7 Å². The third-order valence-corrected chi connectivity index (χ3v) is 5.35. The van der Waals surface area contributed by atoms with Crippen LogP contribution in [0, 0.1) is 0 Å². The lowest BCUT2D eigenvalue weighted by atomic mass is 9.78. The molecule has 1 aliphatic rings. The van der Waals surface area contributed by atoms with Gasteiger partial charge in [-0.15, -0.1) is 0 Å². The maximum atomic E-state index is 13.2. The number of nitrogens with two attached hydrogens (primary N) is 1. The number of pyridine rings is 1. The first-order valence-electron chi connectivity index (χ1n) is 8.21. The summed E-state index contributed by atoms with van der Waals surface area (Å²) in [7, 11) is 0. The fraction of sp³-hybridized carbons (Fsp3) is 0.333. The quantitative estimate of drug-likeness (QED) is 0.688. The van der Waals surface area contributed by atoms with Crippen molar-refractivity contribution < 1.29 is 23.1 Å². The highest BCUT2D eigenvalue weighted by molar-refractivity contribution is 9.10.